The first-order chi connectivity index (χ1) is 10.1. The molecular weight excluding hydrogens is 376 g/mol. The molecule has 2 rings (SSSR count). The Hall–Kier alpha value is -1.18. The molecule has 0 aliphatic carbocycles. The van der Waals surface area contributed by atoms with Crippen LogP contribution in [0.5, 0.6) is 0 Å². The van der Waals surface area contributed by atoms with Crippen LogP contribution in [0.2, 0.25) is 5.15 Å². The zero-order valence-electron chi connectivity index (χ0n) is 11.1. The summed E-state index contributed by atoms with van der Waals surface area (Å²) in [6, 6.07) is 1.88. The SMILES string of the molecule is CCSc1cc(Br)cnc1C(=O)NCc1nccnc1Cl. The van der Waals surface area contributed by atoms with Crippen LogP contribution >= 0.6 is 39.3 Å². The number of halogens is 2. The van der Waals surface area contributed by atoms with Gasteiger partial charge in [0, 0.05) is 28.0 Å². The van der Waals surface area contributed by atoms with Gasteiger partial charge >= 0.3 is 0 Å². The van der Waals surface area contributed by atoms with Crippen LogP contribution in [0.3, 0.4) is 0 Å². The molecule has 0 unspecified atom stereocenters. The first-order valence-corrected chi connectivity index (χ1v) is 8.29. The quantitative estimate of drug-likeness (QED) is 0.797. The third kappa shape index (κ3) is 4.39. The van der Waals surface area contributed by atoms with Crippen LogP contribution in [0, 0.1) is 0 Å². The molecule has 0 saturated carbocycles. The highest BCUT2D eigenvalue weighted by Crippen LogP contribution is 2.24. The maximum absolute atomic E-state index is 12.2. The van der Waals surface area contributed by atoms with E-state index in [1.807, 2.05) is 13.0 Å². The highest BCUT2D eigenvalue weighted by molar-refractivity contribution is 9.10. The van der Waals surface area contributed by atoms with Gasteiger partial charge in [-0.05, 0) is 27.7 Å². The van der Waals surface area contributed by atoms with Gasteiger partial charge in [0.1, 0.15) is 5.69 Å². The summed E-state index contributed by atoms with van der Waals surface area (Å²) in [5.41, 5.74) is 0.916. The number of amides is 1. The lowest BCUT2D eigenvalue weighted by atomic mass is 10.3. The Kier molecular flexibility index (Phi) is 5.96. The Balaban J connectivity index is 2.12. The van der Waals surface area contributed by atoms with Crippen molar-refractivity contribution in [1.29, 1.82) is 0 Å². The topological polar surface area (TPSA) is 67.8 Å². The van der Waals surface area contributed by atoms with Gasteiger partial charge in [0.15, 0.2) is 5.15 Å². The van der Waals surface area contributed by atoms with Crippen molar-refractivity contribution in [1.82, 2.24) is 20.3 Å². The van der Waals surface area contributed by atoms with Crippen LogP contribution in [0.4, 0.5) is 0 Å². The third-order valence-electron chi connectivity index (χ3n) is 2.47. The molecule has 1 N–H and O–H groups in total. The maximum Gasteiger partial charge on any atom is 0.271 e. The standard InChI is InChI=1S/C13H12BrClN4OS/c1-2-21-10-5-8(14)6-18-11(10)13(20)19-7-9-12(15)17-4-3-16-9/h3-6H,2,7H2,1H3,(H,19,20). The molecule has 0 spiro atoms. The second-order valence-corrected chi connectivity index (χ2v) is 6.49. The summed E-state index contributed by atoms with van der Waals surface area (Å²) in [4.78, 5) is 25.2. The van der Waals surface area contributed by atoms with E-state index in [1.165, 1.54) is 12.4 Å². The van der Waals surface area contributed by atoms with Crippen LogP contribution in [-0.2, 0) is 6.54 Å². The van der Waals surface area contributed by atoms with E-state index in [0.717, 1.165) is 15.1 Å². The average Bonchev–Trinajstić information content (AvgIpc) is 2.46. The lowest BCUT2D eigenvalue weighted by Crippen LogP contribution is -2.25. The molecule has 2 heterocycles. The second kappa shape index (κ2) is 7.72. The fourth-order valence-electron chi connectivity index (χ4n) is 1.57. The second-order valence-electron chi connectivity index (χ2n) is 3.91. The molecular formula is C13H12BrClN4OS. The molecule has 21 heavy (non-hydrogen) atoms. The summed E-state index contributed by atoms with van der Waals surface area (Å²) in [6.45, 7) is 2.23. The van der Waals surface area contributed by atoms with Gasteiger partial charge in [-0.1, -0.05) is 18.5 Å². The van der Waals surface area contributed by atoms with E-state index in [1.54, 1.807) is 18.0 Å². The predicted octanol–water partition coefficient (Wildman–Crippen LogP) is 3.33. The molecule has 0 aliphatic heterocycles. The van der Waals surface area contributed by atoms with E-state index in [4.69, 9.17) is 11.6 Å². The Morgan fingerprint density at radius 2 is 2.14 bits per heavy atom. The molecule has 0 saturated heterocycles. The van der Waals surface area contributed by atoms with Gasteiger partial charge in [0.05, 0.1) is 12.2 Å². The van der Waals surface area contributed by atoms with Gasteiger partial charge in [0.2, 0.25) is 0 Å². The number of carbonyl (C=O) groups excluding carboxylic acids is 1. The first-order valence-electron chi connectivity index (χ1n) is 6.13. The summed E-state index contributed by atoms with van der Waals surface area (Å²) in [5.74, 6) is 0.592. The van der Waals surface area contributed by atoms with Crippen molar-refractivity contribution >= 4 is 45.2 Å². The monoisotopic (exact) mass is 386 g/mol. The molecule has 0 bridgehead atoms. The number of hydrogen-bond donors (Lipinski definition) is 1. The van der Waals surface area contributed by atoms with Crippen molar-refractivity contribution in [3.05, 3.63) is 45.7 Å². The lowest BCUT2D eigenvalue weighted by Gasteiger charge is -2.09. The van der Waals surface area contributed by atoms with E-state index in [2.05, 4.69) is 36.2 Å². The molecule has 2 aromatic heterocycles. The van der Waals surface area contributed by atoms with Crippen LogP contribution in [0.15, 0.2) is 34.0 Å². The number of aromatic nitrogens is 3. The number of nitrogens with zero attached hydrogens (tertiary/aromatic N) is 3. The predicted molar refractivity (Wildman–Crippen MR) is 86.5 cm³/mol. The van der Waals surface area contributed by atoms with Crippen molar-refractivity contribution in [2.45, 2.75) is 18.4 Å². The zero-order chi connectivity index (χ0) is 15.2. The van der Waals surface area contributed by atoms with Gasteiger partial charge in [-0.25, -0.2) is 9.97 Å². The summed E-state index contributed by atoms with van der Waals surface area (Å²) in [7, 11) is 0. The Labute approximate surface area is 140 Å². The molecule has 2 aromatic rings. The lowest BCUT2D eigenvalue weighted by molar-refractivity contribution is 0.0942. The minimum Gasteiger partial charge on any atom is -0.345 e. The van der Waals surface area contributed by atoms with Gasteiger partial charge in [-0.3, -0.25) is 9.78 Å². The Bertz CT molecular complexity index is 656. The van der Waals surface area contributed by atoms with Crippen LogP contribution in [0.25, 0.3) is 0 Å². The molecule has 0 aliphatic rings. The first kappa shape index (κ1) is 16.2. The molecule has 1 amide bonds. The Morgan fingerprint density at radius 1 is 1.38 bits per heavy atom. The van der Waals surface area contributed by atoms with Crippen LogP contribution < -0.4 is 5.32 Å². The molecule has 5 nitrogen and oxygen atoms in total. The van der Waals surface area contributed by atoms with Gasteiger partial charge in [-0.15, -0.1) is 11.8 Å². The van der Waals surface area contributed by atoms with Crippen molar-refractivity contribution < 1.29 is 4.79 Å². The largest absolute Gasteiger partial charge is 0.345 e. The molecule has 0 atom stereocenters. The van der Waals surface area contributed by atoms with Gasteiger partial charge in [0.25, 0.3) is 5.91 Å². The molecule has 8 heteroatoms. The minimum atomic E-state index is -0.264. The normalized spacial score (nSPS) is 10.4. The number of carbonyl (C=O) groups is 1. The van der Waals surface area contributed by atoms with Crippen molar-refractivity contribution in [2.75, 3.05) is 5.75 Å². The van der Waals surface area contributed by atoms with E-state index >= 15 is 0 Å². The fourth-order valence-corrected chi connectivity index (χ4v) is 3.03. The number of rotatable bonds is 5. The molecule has 110 valence electrons. The number of pyridine rings is 1. The van der Waals surface area contributed by atoms with Crippen LogP contribution in [-0.4, -0.2) is 26.6 Å². The number of nitrogens with one attached hydrogen (secondary N) is 1. The molecule has 0 radical (unpaired) electrons. The number of hydrogen-bond acceptors (Lipinski definition) is 5. The fraction of sp³-hybridized carbons (Fsp3) is 0.231. The van der Waals surface area contributed by atoms with E-state index in [9.17, 15) is 4.79 Å². The molecule has 0 fully saturated rings. The van der Waals surface area contributed by atoms with Crippen LogP contribution in [0.1, 0.15) is 23.1 Å². The highest BCUT2D eigenvalue weighted by atomic mass is 79.9. The summed E-state index contributed by atoms with van der Waals surface area (Å²) < 4.78 is 0.840. The smallest absolute Gasteiger partial charge is 0.271 e. The zero-order valence-corrected chi connectivity index (χ0v) is 14.3. The third-order valence-corrected chi connectivity index (χ3v) is 4.13. The van der Waals surface area contributed by atoms with E-state index in [-0.39, 0.29) is 17.6 Å². The van der Waals surface area contributed by atoms with Gasteiger partial charge < -0.3 is 5.32 Å². The van der Waals surface area contributed by atoms with Crippen molar-refractivity contribution in [2.24, 2.45) is 0 Å². The van der Waals surface area contributed by atoms with Gasteiger partial charge in [-0.2, -0.15) is 0 Å². The Morgan fingerprint density at radius 3 is 2.86 bits per heavy atom. The van der Waals surface area contributed by atoms with E-state index < -0.39 is 0 Å². The van der Waals surface area contributed by atoms with Crippen molar-refractivity contribution in [3.63, 3.8) is 0 Å². The number of thioether (sulfide) groups is 1. The minimum absolute atomic E-state index is 0.208. The summed E-state index contributed by atoms with van der Waals surface area (Å²) in [6.07, 6.45) is 4.63. The maximum atomic E-state index is 12.2. The average molecular weight is 388 g/mol. The van der Waals surface area contributed by atoms with E-state index in [0.29, 0.717) is 11.4 Å². The summed E-state index contributed by atoms with van der Waals surface area (Å²) >= 11 is 10.8. The molecule has 0 aromatic carbocycles. The highest BCUT2D eigenvalue weighted by Gasteiger charge is 2.14. The summed E-state index contributed by atoms with van der Waals surface area (Å²) in [5, 5.41) is 3.04. The van der Waals surface area contributed by atoms with Crippen molar-refractivity contribution in [3.8, 4) is 0 Å².